The smallest absolute Gasteiger partial charge is 0.303 e. The molecule has 2 unspecified atom stereocenters. The van der Waals surface area contributed by atoms with Crippen LogP contribution in [0.2, 0.25) is 0 Å². The molecule has 0 bridgehead atoms. The SMILES string of the molecule is CC(CCO)CC(CN)CC(=O)O. The second-order valence-corrected chi connectivity index (χ2v) is 3.55. The molecule has 0 saturated heterocycles. The first-order chi connectivity index (χ1) is 6.10. The Kier molecular flexibility index (Phi) is 6.54. The highest BCUT2D eigenvalue weighted by atomic mass is 16.4. The first kappa shape index (κ1) is 12.4. The van der Waals surface area contributed by atoms with E-state index in [1.54, 1.807) is 0 Å². The molecule has 0 radical (unpaired) electrons. The molecule has 0 aliphatic carbocycles. The van der Waals surface area contributed by atoms with E-state index in [1.807, 2.05) is 6.92 Å². The van der Waals surface area contributed by atoms with Gasteiger partial charge in [-0.05, 0) is 31.2 Å². The Balaban J connectivity index is 3.75. The monoisotopic (exact) mass is 189 g/mol. The zero-order valence-corrected chi connectivity index (χ0v) is 8.07. The third kappa shape index (κ3) is 6.54. The summed E-state index contributed by atoms with van der Waals surface area (Å²) >= 11 is 0. The van der Waals surface area contributed by atoms with E-state index in [-0.39, 0.29) is 18.9 Å². The van der Waals surface area contributed by atoms with Crippen LogP contribution in [-0.4, -0.2) is 29.3 Å². The number of rotatable bonds is 7. The molecule has 0 saturated carbocycles. The maximum absolute atomic E-state index is 10.4. The average molecular weight is 189 g/mol. The third-order valence-electron chi connectivity index (χ3n) is 2.15. The number of aliphatic hydroxyl groups is 1. The fraction of sp³-hybridized carbons (Fsp3) is 0.889. The van der Waals surface area contributed by atoms with Crippen LogP contribution in [0.5, 0.6) is 0 Å². The Morgan fingerprint density at radius 1 is 1.54 bits per heavy atom. The van der Waals surface area contributed by atoms with E-state index in [2.05, 4.69) is 0 Å². The summed E-state index contributed by atoms with van der Waals surface area (Å²) in [5.41, 5.74) is 5.44. The number of hydrogen-bond acceptors (Lipinski definition) is 3. The summed E-state index contributed by atoms with van der Waals surface area (Å²) in [6, 6.07) is 0. The van der Waals surface area contributed by atoms with Crippen molar-refractivity contribution in [3.63, 3.8) is 0 Å². The van der Waals surface area contributed by atoms with Gasteiger partial charge < -0.3 is 15.9 Å². The molecule has 0 aromatic carbocycles. The van der Waals surface area contributed by atoms with Crippen molar-refractivity contribution in [1.29, 1.82) is 0 Å². The van der Waals surface area contributed by atoms with Crippen molar-refractivity contribution in [1.82, 2.24) is 0 Å². The minimum Gasteiger partial charge on any atom is -0.481 e. The van der Waals surface area contributed by atoms with E-state index >= 15 is 0 Å². The van der Waals surface area contributed by atoms with E-state index in [1.165, 1.54) is 0 Å². The second-order valence-electron chi connectivity index (χ2n) is 3.55. The summed E-state index contributed by atoms with van der Waals surface area (Å²) in [6.45, 7) is 2.56. The Hall–Kier alpha value is -0.610. The molecule has 0 aromatic rings. The highest BCUT2D eigenvalue weighted by Crippen LogP contribution is 2.17. The van der Waals surface area contributed by atoms with E-state index in [4.69, 9.17) is 15.9 Å². The van der Waals surface area contributed by atoms with Crippen molar-refractivity contribution in [2.75, 3.05) is 13.2 Å². The molecule has 2 atom stereocenters. The number of carboxylic acids is 1. The molecule has 0 aliphatic heterocycles. The molecular formula is C9H19NO3. The van der Waals surface area contributed by atoms with Crippen LogP contribution in [0.4, 0.5) is 0 Å². The first-order valence-electron chi connectivity index (χ1n) is 4.62. The van der Waals surface area contributed by atoms with Crippen LogP contribution < -0.4 is 5.73 Å². The topological polar surface area (TPSA) is 83.5 Å². The number of nitrogens with two attached hydrogens (primary N) is 1. The molecule has 0 spiro atoms. The van der Waals surface area contributed by atoms with Crippen LogP contribution in [0.3, 0.4) is 0 Å². The largest absolute Gasteiger partial charge is 0.481 e. The van der Waals surface area contributed by atoms with Crippen molar-refractivity contribution in [2.24, 2.45) is 17.6 Å². The fourth-order valence-corrected chi connectivity index (χ4v) is 1.42. The Morgan fingerprint density at radius 2 is 2.15 bits per heavy atom. The fourth-order valence-electron chi connectivity index (χ4n) is 1.42. The summed E-state index contributed by atoms with van der Waals surface area (Å²) < 4.78 is 0. The molecule has 0 amide bonds. The lowest BCUT2D eigenvalue weighted by Crippen LogP contribution is -2.20. The van der Waals surface area contributed by atoms with Gasteiger partial charge in [0.2, 0.25) is 0 Å². The van der Waals surface area contributed by atoms with E-state index < -0.39 is 5.97 Å². The van der Waals surface area contributed by atoms with Crippen LogP contribution in [-0.2, 0) is 4.79 Å². The second kappa shape index (κ2) is 6.86. The van der Waals surface area contributed by atoms with Gasteiger partial charge >= 0.3 is 5.97 Å². The highest BCUT2D eigenvalue weighted by molar-refractivity contribution is 5.67. The Bertz CT molecular complexity index is 150. The molecule has 0 fully saturated rings. The highest BCUT2D eigenvalue weighted by Gasteiger charge is 2.14. The van der Waals surface area contributed by atoms with E-state index in [9.17, 15) is 4.79 Å². The van der Waals surface area contributed by atoms with Gasteiger partial charge in [-0.25, -0.2) is 0 Å². The molecule has 0 rings (SSSR count). The Morgan fingerprint density at radius 3 is 2.54 bits per heavy atom. The number of aliphatic carboxylic acids is 1. The van der Waals surface area contributed by atoms with Gasteiger partial charge in [0.1, 0.15) is 0 Å². The first-order valence-corrected chi connectivity index (χ1v) is 4.62. The van der Waals surface area contributed by atoms with Gasteiger partial charge in [-0.3, -0.25) is 4.79 Å². The van der Waals surface area contributed by atoms with Crippen LogP contribution in [0.1, 0.15) is 26.2 Å². The zero-order valence-electron chi connectivity index (χ0n) is 8.07. The standard InChI is InChI=1S/C9H19NO3/c1-7(2-3-11)4-8(6-10)5-9(12)13/h7-8,11H,2-6,10H2,1H3,(H,12,13). The van der Waals surface area contributed by atoms with Crippen molar-refractivity contribution in [3.8, 4) is 0 Å². The van der Waals surface area contributed by atoms with Crippen LogP contribution in [0.15, 0.2) is 0 Å². The predicted octanol–water partition coefficient (Wildman–Crippen LogP) is 0.445. The summed E-state index contributed by atoms with van der Waals surface area (Å²) in [5, 5.41) is 17.2. The van der Waals surface area contributed by atoms with Crippen LogP contribution in [0, 0.1) is 11.8 Å². The average Bonchev–Trinajstić information content (AvgIpc) is 2.02. The van der Waals surface area contributed by atoms with E-state index in [0.29, 0.717) is 12.5 Å². The molecule has 0 heterocycles. The third-order valence-corrected chi connectivity index (χ3v) is 2.15. The summed E-state index contributed by atoms with van der Waals surface area (Å²) in [7, 11) is 0. The van der Waals surface area contributed by atoms with Crippen molar-refractivity contribution in [2.45, 2.75) is 26.2 Å². The van der Waals surface area contributed by atoms with Gasteiger partial charge in [0.25, 0.3) is 0 Å². The van der Waals surface area contributed by atoms with Gasteiger partial charge in [0, 0.05) is 13.0 Å². The zero-order chi connectivity index (χ0) is 10.3. The lowest BCUT2D eigenvalue weighted by Gasteiger charge is -2.16. The van der Waals surface area contributed by atoms with Crippen molar-refractivity contribution >= 4 is 5.97 Å². The predicted molar refractivity (Wildman–Crippen MR) is 50.3 cm³/mol. The molecule has 4 heteroatoms. The summed E-state index contributed by atoms with van der Waals surface area (Å²) in [5.74, 6) is -0.413. The van der Waals surface area contributed by atoms with Gasteiger partial charge in [-0.2, -0.15) is 0 Å². The van der Waals surface area contributed by atoms with Gasteiger partial charge in [-0.15, -0.1) is 0 Å². The number of aliphatic hydroxyl groups excluding tert-OH is 1. The molecular weight excluding hydrogens is 170 g/mol. The molecule has 0 aliphatic rings. The molecule has 0 aromatic heterocycles. The number of hydrogen-bond donors (Lipinski definition) is 3. The van der Waals surface area contributed by atoms with E-state index in [0.717, 1.165) is 12.8 Å². The minimum absolute atomic E-state index is 0.0408. The number of carbonyl (C=O) groups is 1. The minimum atomic E-state index is -0.799. The lowest BCUT2D eigenvalue weighted by atomic mass is 9.91. The molecule has 4 nitrogen and oxygen atoms in total. The molecule has 4 N–H and O–H groups in total. The van der Waals surface area contributed by atoms with Gasteiger partial charge in [0.05, 0.1) is 0 Å². The van der Waals surface area contributed by atoms with Crippen LogP contribution >= 0.6 is 0 Å². The quantitative estimate of drug-likeness (QED) is 0.542. The van der Waals surface area contributed by atoms with Crippen molar-refractivity contribution in [3.05, 3.63) is 0 Å². The maximum atomic E-state index is 10.4. The van der Waals surface area contributed by atoms with Crippen LogP contribution in [0.25, 0.3) is 0 Å². The maximum Gasteiger partial charge on any atom is 0.303 e. The van der Waals surface area contributed by atoms with Crippen molar-refractivity contribution < 1.29 is 15.0 Å². The lowest BCUT2D eigenvalue weighted by molar-refractivity contribution is -0.138. The number of carboxylic acid groups (broad SMARTS) is 1. The molecule has 78 valence electrons. The van der Waals surface area contributed by atoms with Gasteiger partial charge in [0.15, 0.2) is 0 Å². The summed E-state index contributed by atoms with van der Waals surface area (Å²) in [4.78, 5) is 10.4. The van der Waals surface area contributed by atoms with Gasteiger partial charge in [-0.1, -0.05) is 6.92 Å². The Labute approximate surface area is 78.7 Å². The summed E-state index contributed by atoms with van der Waals surface area (Å²) in [6.07, 6.45) is 1.63. The molecule has 13 heavy (non-hydrogen) atoms. The normalized spacial score (nSPS) is 15.3.